The number of aromatic nitrogens is 1. The number of carboxylic acid groups (broad SMARTS) is 1. The average Bonchev–Trinajstić information content (AvgIpc) is 2.89. The Morgan fingerprint density at radius 2 is 1.95 bits per heavy atom. The fraction of sp³-hybridized carbons (Fsp3) is 0.0833. The number of hydrogen-bond donors (Lipinski definition) is 3. The van der Waals surface area contributed by atoms with Gasteiger partial charge >= 0.3 is 5.97 Å². The molecule has 0 radical (unpaired) electrons. The molecule has 6 nitrogen and oxygen atoms in total. The highest BCUT2D eigenvalue weighted by atomic mass is 32.2. The van der Waals surface area contributed by atoms with E-state index in [4.69, 9.17) is 5.11 Å². The van der Waals surface area contributed by atoms with E-state index >= 15 is 0 Å². The van der Waals surface area contributed by atoms with Crippen LogP contribution in [-0.2, 0) is 16.6 Å². The van der Waals surface area contributed by atoms with E-state index in [-0.39, 0.29) is 17.1 Å². The number of H-pyrrole nitrogens is 1. The van der Waals surface area contributed by atoms with Crippen LogP contribution in [0.15, 0.2) is 41.4 Å². The summed E-state index contributed by atoms with van der Waals surface area (Å²) in [6, 6.07) is 6.38. The quantitative estimate of drug-likeness (QED) is 0.775. The molecule has 1 aromatic heterocycles. The summed E-state index contributed by atoms with van der Waals surface area (Å²) < 4.78 is 38.8. The van der Waals surface area contributed by atoms with Gasteiger partial charge < -0.3 is 10.1 Å². The number of carbonyl (C=O) groups is 1. The van der Waals surface area contributed by atoms with Gasteiger partial charge in [-0.2, -0.15) is 0 Å². The zero-order chi connectivity index (χ0) is 14.8. The molecule has 1 aromatic carbocycles. The summed E-state index contributed by atoms with van der Waals surface area (Å²) in [7, 11) is -3.82. The summed E-state index contributed by atoms with van der Waals surface area (Å²) in [5.41, 5.74) is 0.371. The first-order chi connectivity index (χ1) is 9.38. The van der Waals surface area contributed by atoms with Crippen molar-refractivity contribution in [3.8, 4) is 0 Å². The molecule has 3 N–H and O–H groups in total. The minimum absolute atomic E-state index is 0.0177. The second kappa shape index (κ2) is 5.43. The van der Waals surface area contributed by atoms with Gasteiger partial charge in [0.1, 0.15) is 16.4 Å². The van der Waals surface area contributed by atoms with E-state index in [1.807, 2.05) is 0 Å². The summed E-state index contributed by atoms with van der Waals surface area (Å²) in [4.78, 5) is 12.8. The molecule has 0 aliphatic carbocycles. The molecular formula is C12H11FN2O4S. The minimum atomic E-state index is -3.82. The van der Waals surface area contributed by atoms with Crippen LogP contribution in [0.3, 0.4) is 0 Å². The molecule has 20 heavy (non-hydrogen) atoms. The maximum Gasteiger partial charge on any atom is 0.352 e. The molecule has 106 valence electrons. The Kier molecular flexibility index (Phi) is 3.86. The standard InChI is InChI=1S/C12H11FN2O4S/c13-9-3-1-8(2-4-9)6-15-20(18,19)10-5-11(12(16)17)14-7-10/h1-5,7,14-15H,6H2,(H,16,17). The van der Waals surface area contributed by atoms with Gasteiger partial charge in [0.05, 0.1) is 0 Å². The first-order valence-electron chi connectivity index (χ1n) is 5.54. The van der Waals surface area contributed by atoms with Crippen molar-refractivity contribution in [1.29, 1.82) is 0 Å². The summed E-state index contributed by atoms with van der Waals surface area (Å²) in [5, 5.41) is 8.72. The molecule has 0 spiro atoms. The second-order valence-electron chi connectivity index (χ2n) is 4.01. The first-order valence-corrected chi connectivity index (χ1v) is 7.02. The summed E-state index contributed by atoms with van der Waals surface area (Å²) in [6.45, 7) is -0.0177. The fourth-order valence-electron chi connectivity index (χ4n) is 1.52. The van der Waals surface area contributed by atoms with Crippen molar-refractivity contribution in [2.75, 3.05) is 0 Å². The lowest BCUT2D eigenvalue weighted by molar-refractivity contribution is 0.0691. The summed E-state index contributed by atoms with van der Waals surface area (Å²) in [6.07, 6.45) is 1.09. The number of halogens is 1. The number of sulfonamides is 1. The van der Waals surface area contributed by atoms with Gasteiger partial charge in [0.25, 0.3) is 0 Å². The van der Waals surface area contributed by atoms with Crippen LogP contribution in [0.5, 0.6) is 0 Å². The Morgan fingerprint density at radius 3 is 2.50 bits per heavy atom. The summed E-state index contributed by atoms with van der Waals surface area (Å²) >= 11 is 0. The third-order valence-corrected chi connectivity index (χ3v) is 3.96. The Balaban J connectivity index is 2.10. The van der Waals surface area contributed by atoms with Crippen molar-refractivity contribution in [1.82, 2.24) is 9.71 Å². The van der Waals surface area contributed by atoms with E-state index in [1.54, 1.807) is 0 Å². The summed E-state index contributed by atoms with van der Waals surface area (Å²) in [5.74, 6) is -1.65. The van der Waals surface area contributed by atoms with Crippen molar-refractivity contribution in [3.63, 3.8) is 0 Å². The van der Waals surface area contributed by atoms with Gasteiger partial charge in [-0.15, -0.1) is 0 Å². The molecule has 0 saturated heterocycles. The normalized spacial score (nSPS) is 11.4. The number of carboxylic acids is 1. The SMILES string of the molecule is O=C(O)c1cc(S(=O)(=O)NCc2ccc(F)cc2)c[nH]1. The third-order valence-electron chi connectivity index (χ3n) is 2.58. The van der Waals surface area contributed by atoms with Crippen LogP contribution in [0.4, 0.5) is 4.39 Å². The molecule has 0 bridgehead atoms. The second-order valence-corrected chi connectivity index (χ2v) is 5.77. The van der Waals surface area contributed by atoms with E-state index in [9.17, 15) is 17.6 Å². The molecule has 0 amide bonds. The zero-order valence-electron chi connectivity index (χ0n) is 10.1. The number of aromatic carboxylic acids is 1. The predicted octanol–water partition coefficient (Wildman–Crippen LogP) is 1.33. The minimum Gasteiger partial charge on any atom is -0.477 e. The van der Waals surface area contributed by atoms with Crippen LogP contribution in [0.2, 0.25) is 0 Å². The van der Waals surface area contributed by atoms with Crippen molar-refractivity contribution in [2.45, 2.75) is 11.4 Å². The monoisotopic (exact) mass is 298 g/mol. The molecule has 1 heterocycles. The molecule has 2 rings (SSSR count). The molecule has 0 saturated carbocycles. The molecular weight excluding hydrogens is 287 g/mol. The third kappa shape index (κ3) is 3.22. The van der Waals surface area contributed by atoms with Gasteiger partial charge in [-0.25, -0.2) is 22.3 Å². The lowest BCUT2D eigenvalue weighted by Crippen LogP contribution is -2.22. The topological polar surface area (TPSA) is 99.3 Å². The van der Waals surface area contributed by atoms with Gasteiger partial charge in [-0.3, -0.25) is 0 Å². The van der Waals surface area contributed by atoms with Crippen molar-refractivity contribution in [2.24, 2.45) is 0 Å². The Labute approximate surface area is 114 Å². The smallest absolute Gasteiger partial charge is 0.352 e. The van der Waals surface area contributed by atoms with Gasteiger partial charge in [0, 0.05) is 12.7 Å². The zero-order valence-corrected chi connectivity index (χ0v) is 10.9. The van der Waals surface area contributed by atoms with E-state index in [0.29, 0.717) is 5.56 Å². The molecule has 2 aromatic rings. The highest BCUT2D eigenvalue weighted by Crippen LogP contribution is 2.11. The fourth-order valence-corrected chi connectivity index (χ4v) is 2.53. The van der Waals surface area contributed by atoms with Crippen LogP contribution >= 0.6 is 0 Å². The molecule has 0 fully saturated rings. The number of rotatable bonds is 5. The largest absolute Gasteiger partial charge is 0.477 e. The van der Waals surface area contributed by atoms with Gasteiger partial charge in [-0.1, -0.05) is 12.1 Å². The molecule has 0 atom stereocenters. The van der Waals surface area contributed by atoms with Crippen molar-refractivity contribution in [3.05, 3.63) is 53.6 Å². The average molecular weight is 298 g/mol. The lowest BCUT2D eigenvalue weighted by atomic mass is 10.2. The van der Waals surface area contributed by atoms with Crippen molar-refractivity contribution < 1.29 is 22.7 Å². The van der Waals surface area contributed by atoms with E-state index in [1.165, 1.54) is 24.3 Å². The van der Waals surface area contributed by atoms with Crippen LogP contribution in [0, 0.1) is 5.82 Å². The highest BCUT2D eigenvalue weighted by Gasteiger charge is 2.17. The maximum atomic E-state index is 12.7. The van der Waals surface area contributed by atoms with Crippen molar-refractivity contribution >= 4 is 16.0 Å². The Hall–Kier alpha value is -2.19. The Bertz CT molecular complexity index is 722. The number of nitrogens with one attached hydrogen (secondary N) is 2. The van der Waals surface area contributed by atoms with Crippen LogP contribution < -0.4 is 4.72 Å². The van der Waals surface area contributed by atoms with Gasteiger partial charge in [-0.05, 0) is 23.8 Å². The molecule has 8 heteroatoms. The molecule has 0 aliphatic rings. The number of hydrogen-bond acceptors (Lipinski definition) is 3. The van der Waals surface area contributed by atoms with Crippen LogP contribution in [0.1, 0.15) is 16.1 Å². The van der Waals surface area contributed by atoms with Crippen LogP contribution in [-0.4, -0.2) is 24.5 Å². The van der Waals surface area contributed by atoms with Crippen LogP contribution in [0.25, 0.3) is 0 Å². The molecule has 0 aliphatic heterocycles. The predicted molar refractivity (Wildman–Crippen MR) is 68.2 cm³/mol. The van der Waals surface area contributed by atoms with Gasteiger partial charge in [0.15, 0.2) is 0 Å². The maximum absolute atomic E-state index is 12.7. The number of benzene rings is 1. The van der Waals surface area contributed by atoms with E-state index in [0.717, 1.165) is 12.3 Å². The number of aromatic amines is 1. The molecule has 0 unspecified atom stereocenters. The lowest BCUT2D eigenvalue weighted by Gasteiger charge is -2.04. The van der Waals surface area contributed by atoms with E-state index < -0.39 is 21.8 Å². The van der Waals surface area contributed by atoms with E-state index in [2.05, 4.69) is 9.71 Å². The Morgan fingerprint density at radius 1 is 1.30 bits per heavy atom. The highest BCUT2D eigenvalue weighted by molar-refractivity contribution is 7.89. The first kappa shape index (κ1) is 14.2. The van der Waals surface area contributed by atoms with Gasteiger partial charge in [0.2, 0.25) is 10.0 Å².